The maximum Gasteiger partial charge on any atom is 0.472 e. The number of fused-ring (bicyclic) bond motifs is 6. The molecular formula is C22H22Cl3N7O13P2. The highest BCUT2D eigenvalue weighted by molar-refractivity contribution is 7.47. The molecule has 3 saturated heterocycles. The molecule has 1 aromatic carbocycles. The summed E-state index contributed by atoms with van der Waals surface area (Å²) in [5.74, 6) is -0.295. The number of benzene rings is 1. The first-order valence-electron chi connectivity index (χ1n) is 13.4. The molecule has 25 heteroatoms. The fraction of sp³-hybridized carbons (Fsp3) is 0.455. The third-order valence-electron chi connectivity index (χ3n) is 7.61. The van der Waals surface area contributed by atoms with Crippen LogP contribution in [-0.2, 0) is 36.7 Å². The van der Waals surface area contributed by atoms with Gasteiger partial charge in [-0.1, -0.05) is 23.2 Å². The average Bonchev–Trinajstić information content (AvgIpc) is 3.70. The van der Waals surface area contributed by atoms with Crippen LogP contribution in [0, 0.1) is 0 Å². The van der Waals surface area contributed by atoms with Gasteiger partial charge >= 0.3 is 15.6 Å². The van der Waals surface area contributed by atoms with Crippen LogP contribution in [0.15, 0.2) is 23.3 Å². The number of aliphatic hydroxyl groups is 2. The predicted molar refractivity (Wildman–Crippen MR) is 158 cm³/mol. The molecule has 10 unspecified atom stereocenters. The van der Waals surface area contributed by atoms with E-state index in [4.69, 9.17) is 68.1 Å². The zero-order valence-corrected chi connectivity index (χ0v) is 27.1. The first-order chi connectivity index (χ1) is 22.1. The summed E-state index contributed by atoms with van der Waals surface area (Å²) in [7, 11) is -10.3. The van der Waals surface area contributed by atoms with E-state index in [1.165, 1.54) is 16.7 Å². The molecule has 0 amide bonds. The molecule has 3 fully saturated rings. The van der Waals surface area contributed by atoms with Crippen molar-refractivity contribution >= 4 is 78.6 Å². The number of aromatic amines is 1. The molecule has 3 aliphatic rings. The number of H-pyrrole nitrogens is 1. The van der Waals surface area contributed by atoms with E-state index in [0.29, 0.717) is 0 Å². The second-order valence-corrected chi connectivity index (χ2v) is 14.5. The lowest BCUT2D eigenvalue weighted by molar-refractivity contribution is -0.0674. The highest BCUT2D eigenvalue weighted by Gasteiger charge is 2.54. The number of nitrogen functional groups attached to an aromatic ring is 1. The van der Waals surface area contributed by atoms with Gasteiger partial charge in [-0.25, -0.2) is 19.1 Å². The van der Waals surface area contributed by atoms with E-state index in [1.54, 1.807) is 0 Å². The van der Waals surface area contributed by atoms with E-state index >= 15 is 0 Å². The molecule has 6 heterocycles. The normalized spacial score (nSPS) is 36.7. The topological polar surface area (TPSA) is 278 Å². The van der Waals surface area contributed by atoms with Gasteiger partial charge in [0.25, 0.3) is 5.56 Å². The minimum Gasteiger partial charge on any atom is -0.387 e. The number of phosphoric ester groups is 2. The Morgan fingerprint density at radius 2 is 1.49 bits per heavy atom. The monoisotopic (exact) mass is 759 g/mol. The van der Waals surface area contributed by atoms with Crippen LogP contribution in [0.2, 0.25) is 15.3 Å². The summed E-state index contributed by atoms with van der Waals surface area (Å²) in [5, 5.41) is 22.3. The van der Waals surface area contributed by atoms with Crippen molar-refractivity contribution in [1.29, 1.82) is 0 Å². The Balaban J connectivity index is 1.24. The Morgan fingerprint density at radius 1 is 0.915 bits per heavy atom. The van der Waals surface area contributed by atoms with Crippen molar-refractivity contribution in [1.82, 2.24) is 29.1 Å². The van der Waals surface area contributed by atoms with E-state index in [0.717, 1.165) is 10.9 Å². The molecule has 10 atom stereocenters. The number of imidazole rings is 2. The van der Waals surface area contributed by atoms with Gasteiger partial charge in [0.2, 0.25) is 11.2 Å². The van der Waals surface area contributed by atoms with Crippen LogP contribution >= 0.6 is 50.4 Å². The van der Waals surface area contributed by atoms with E-state index in [9.17, 15) is 33.9 Å². The summed E-state index contributed by atoms with van der Waals surface area (Å²) < 4.78 is 61.4. The predicted octanol–water partition coefficient (Wildman–Crippen LogP) is 1.25. The van der Waals surface area contributed by atoms with E-state index < -0.39 is 83.5 Å². The van der Waals surface area contributed by atoms with Crippen molar-refractivity contribution in [3.8, 4) is 0 Å². The number of ether oxygens (including phenoxy) is 2. The zero-order valence-electron chi connectivity index (χ0n) is 23.1. The number of anilines is 1. The first-order valence-corrected chi connectivity index (χ1v) is 17.5. The minimum atomic E-state index is -5.13. The molecule has 0 spiro atoms. The number of nitrogens with zero attached hydrogens (tertiary/aromatic N) is 5. The number of nitrogens with two attached hydrogens (primary N) is 1. The molecule has 254 valence electrons. The molecule has 0 saturated carbocycles. The summed E-state index contributed by atoms with van der Waals surface area (Å²) >= 11 is 18.7. The number of rotatable bonds is 2. The molecule has 7 rings (SSSR count). The molecule has 47 heavy (non-hydrogen) atoms. The average molecular weight is 761 g/mol. The Bertz CT molecular complexity index is 2050. The fourth-order valence-electron chi connectivity index (χ4n) is 5.51. The maximum absolute atomic E-state index is 13.3. The van der Waals surface area contributed by atoms with Gasteiger partial charge in [-0.15, -0.1) is 0 Å². The Hall–Kier alpha value is -2.23. The van der Waals surface area contributed by atoms with Crippen molar-refractivity contribution in [2.24, 2.45) is 0 Å². The van der Waals surface area contributed by atoms with Gasteiger partial charge in [0.15, 0.2) is 23.6 Å². The summed E-state index contributed by atoms with van der Waals surface area (Å²) in [4.78, 5) is 48.1. The lowest BCUT2D eigenvalue weighted by Gasteiger charge is -2.26. The van der Waals surface area contributed by atoms with Crippen molar-refractivity contribution < 1.29 is 56.7 Å². The minimum absolute atomic E-state index is 0.0995. The summed E-state index contributed by atoms with van der Waals surface area (Å²) in [5.41, 5.74) is 5.09. The number of hydrogen-bond acceptors (Lipinski definition) is 15. The van der Waals surface area contributed by atoms with Gasteiger partial charge in [0, 0.05) is 0 Å². The standard InChI is InChI=1S/C22H22Cl3N7O13P2/c23-6-1-8-9(2-7(6)24)32(21(25)28-8)20-16-14(34)11(43-20)4-41-46(36,37)44-15-13(33)10(3-40-47(38,39)45-16)42-19(15)31-5-27-12-17(31)29-22(26)30-18(12)35/h1-2,5,10-11,13-16,19-20,33-34H,3-4H2,(H,36,37)(H,38,39)(H3,26,29,30,35). The Kier molecular flexibility index (Phi) is 8.48. The highest BCUT2D eigenvalue weighted by Crippen LogP contribution is 2.54. The molecule has 0 radical (unpaired) electrons. The molecule has 7 N–H and O–H groups in total. The van der Waals surface area contributed by atoms with Gasteiger partial charge in [-0.3, -0.25) is 37.0 Å². The SMILES string of the molecule is Nc1nc2c(ncn2C2OC3COP(=O)(O)OC4C(O)C(COP(=O)(O)OC2C3O)OC4n2c(Cl)nc3cc(Cl)c(Cl)cc32)c(=O)[nH]1. The number of phosphoric acid groups is 2. The quantitative estimate of drug-likeness (QED) is 0.157. The fourth-order valence-corrected chi connectivity index (χ4v) is 7.97. The van der Waals surface area contributed by atoms with Gasteiger partial charge in [0.05, 0.1) is 40.6 Å². The van der Waals surface area contributed by atoms with Gasteiger partial charge in [0.1, 0.15) is 36.6 Å². The van der Waals surface area contributed by atoms with E-state index in [-0.39, 0.29) is 43.5 Å². The number of aliphatic hydroxyl groups excluding tert-OH is 2. The molecule has 3 aliphatic heterocycles. The molecule has 3 aromatic heterocycles. The van der Waals surface area contributed by atoms with E-state index in [2.05, 4.69) is 19.9 Å². The van der Waals surface area contributed by atoms with Crippen LogP contribution < -0.4 is 11.3 Å². The van der Waals surface area contributed by atoms with Crippen LogP contribution in [0.1, 0.15) is 12.5 Å². The van der Waals surface area contributed by atoms with Gasteiger partial charge in [-0.2, -0.15) is 4.98 Å². The van der Waals surface area contributed by atoms with Crippen LogP contribution in [0.25, 0.3) is 22.2 Å². The second kappa shape index (κ2) is 12.0. The lowest BCUT2D eigenvalue weighted by Crippen LogP contribution is -2.38. The van der Waals surface area contributed by atoms with Crippen LogP contribution in [0.4, 0.5) is 5.95 Å². The smallest absolute Gasteiger partial charge is 0.387 e. The van der Waals surface area contributed by atoms with Crippen LogP contribution in [-0.4, -0.2) is 98.9 Å². The zero-order chi connectivity index (χ0) is 33.6. The number of aromatic nitrogens is 6. The molecular weight excluding hydrogens is 739 g/mol. The summed E-state index contributed by atoms with van der Waals surface area (Å²) in [6, 6.07) is 2.79. The lowest BCUT2D eigenvalue weighted by atomic mass is 10.1. The molecule has 4 bridgehead atoms. The van der Waals surface area contributed by atoms with Crippen molar-refractivity contribution in [2.45, 2.75) is 49.1 Å². The molecule has 4 aromatic rings. The number of nitrogens with one attached hydrogen (secondary N) is 1. The van der Waals surface area contributed by atoms with Crippen molar-refractivity contribution in [2.75, 3.05) is 18.9 Å². The highest BCUT2D eigenvalue weighted by atomic mass is 35.5. The van der Waals surface area contributed by atoms with Crippen LogP contribution in [0.5, 0.6) is 0 Å². The Morgan fingerprint density at radius 3 is 2.13 bits per heavy atom. The number of halogens is 3. The first kappa shape index (κ1) is 33.3. The van der Waals surface area contributed by atoms with Gasteiger partial charge in [-0.05, 0) is 23.7 Å². The summed E-state index contributed by atoms with van der Waals surface area (Å²) in [6.45, 7) is -1.71. The maximum atomic E-state index is 13.3. The van der Waals surface area contributed by atoms with Crippen molar-refractivity contribution in [3.05, 3.63) is 44.1 Å². The number of hydrogen-bond donors (Lipinski definition) is 6. The Labute approximate surface area is 276 Å². The third kappa shape index (κ3) is 6.01. The van der Waals surface area contributed by atoms with Gasteiger partial charge < -0.3 is 35.2 Å². The largest absolute Gasteiger partial charge is 0.472 e. The third-order valence-corrected chi connectivity index (χ3v) is 10.6. The second-order valence-electron chi connectivity index (χ2n) is 10.6. The summed E-state index contributed by atoms with van der Waals surface area (Å²) in [6.07, 6.45) is -12.0. The van der Waals surface area contributed by atoms with Crippen LogP contribution in [0.3, 0.4) is 0 Å². The molecule has 0 aliphatic carbocycles. The molecule has 20 nitrogen and oxygen atoms in total. The van der Waals surface area contributed by atoms with Crippen molar-refractivity contribution in [3.63, 3.8) is 0 Å². The van der Waals surface area contributed by atoms with E-state index in [1.807, 2.05) is 0 Å².